The highest BCUT2D eigenvalue weighted by Crippen LogP contribution is 2.27. The molecule has 0 aliphatic heterocycles. The Labute approximate surface area is 141 Å². The Balaban J connectivity index is 1.61. The maximum Gasteiger partial charge on any atom is 0.0952 e. The average molecular weight is 368 g/mol. The van der Waals surface area contributed by atoms with E-state index in [2.05, 4.69) is 55.5 Å². The number of hydrogen-bond donors (Lipinski definition) is 2. The predicted octanol–water partition coefficient (Wildman–Crippen LogP) is 5.20. The first-order chi connectivity index (χ1) is 11.3. The molecule has 4 aromatic rings. The molecular formula is C18H14BrN3O. The van der Waals surface area contributed by atoms with Gasteiger partial charge in [-0.15, -0.1) is 0 Å². The molecule has 0 aliphatic carbocycles. The van der Waals surface area contributed by atoms with Crippen LogP contribution in [0.1, 0.15) is 5.56 Å². The Morgan fingerprint density at radius 1 is 1.13 bits per heavy atom. The van der Waals surface area contributed by atoms with Gasteiger partial charge in [0.15, 0.2) is 0 Å². The molecule has 0 saturated carbocycles. The van der Waals surface area contributed by atoms with E-state index in [0.717, 1.165) is 32.5 Å². The van der Waals surface area contributed by atoms with E-state index in [4.69, 9.17) is 4.42 Å². The molecular weight excluding hydrogens is 354 g/mol. The molecule has 0 spiro atoms. The van der Waals surface area contributed by atoms with Gasteiger partial charge in [-0.2, -0.15) is 0 Å². The average Bonchev–Trinajstić information content (AvgIpc) is 3.22. The van der Waals surface area contributed by atoms with Crippen LogP contribution in [0, 0.1) is 0 Å². The number of aromatic nitrogens is 2. The number of fused-ring (bicyclic) bond motifs is 1. The summed E-state index contributed by atoms with van der Waals surface area (Å²) in [6.07, 6.45) is 7.10. The fourth-order valence-electron chi connectivity index (χ4n) is 2.54. The highest BCUT2D eigenvalue weighted by molar-refractivity contribution is 9.10. The van der Waals surface area contributed by atoms with Crippen LogP contribution in [0.2, 0.25) is 0 Å². The number of nitrogens with zero attached hydrogens (tertiary/aromatic N) is 1. The minimum atomic E-state index is 0.710. The Kier molecular flexibility index (Phi) is 3.63. The maximum atomic E-state index is 5.07. The first-order valence-corrected chi connectivity index (χ1v) is 8.06. The smallest absolute Gasteiger partial charge is 0.0952 e. The minimum absolute atomic E-state index is 0.710. The monoisotopic (exact) mass is 367 g/mol. The zero-order valence-electron chi connectivity index (χ0n) is 12.2. The number of rotatable bonds is 4. The fraction of sp³-hybridized carbons (Fsp3) is 0.0556. The van der Waals surface area contributed by atoms with Crippen LogP contribution in [0.15, 0.2) is 70.2 Å². The van der Waals surface area contributed by atoms with Gasteiger partial charge in [-0.1, -0.05) is 15.9 Å². The maximum absolute atomic E-state index is 5.07. The SMILES string of the molecule is Brc1ccc2[nH]c(-c3cncc(NCc4ccoc4)c3)cc2c1. The first kappa shape index (κ1) is 14.1. The van der Waals surface area contributed by atoms with E-state index in [1.165, 1.54) is 5.39 Å². The van der Waals surface area contributed by atoms with E-state index in [1.807, 2.05) is 24.5 Å². The molecule has 23 heavy (non-hydrogen) atoms. The summed E-state index contributed by atoms with van der Waals surface area (Å²) in [4.78, 5) is 7.77. The lowest BCUT2D eigenvalue weighted by Gasteiger charge is -2.06. The van der Waals surface area contributed by atoms with Gasteiger partial charge < -0.3 is 14.7 Å². The Bertz CT molecular complexity index is 944. The summed E-state index contributed by atoms with van der Waals surface area (Å²) in [7, 11) is 0. The van der Waals surface area contributed by atoms with Crippen LogP contribution in [0.4, 0.5) is 5.69 Å². The number of H-pyrrole nitrogens is 1. The van der Waals surface area contributed by atoms with Crippen LogP contribution in [-0.2, 0) is 6.54 Å². The molecule has 0 saturated heterocycles. The minimum Gasteiger partial charge on any atom is -0.472 e. The highest BCUT2D eigenvalue weighted by Gasteiger charge is 2.05. The molecule has 0 unspecified atom stereocenters. The number of nitrogens with one attached hydrogen (secondary N) is 2. The van der Waals surface area contributed by atoms with Gasteiger partial charge in [-0.25, -0.2) is 0 Å². The molecule has 0 aliphatic rings. The lowest BCUT2D eigenvalue weighted by Crippen LogP contribution is -1.98. The molecule has 4 nitrogen and oxygen atoms in total. The molecule has 0 fully saturated rings. The van der Waals surface area contributed by atoms with Crippen molar-refractivity contribution in [1.29, 1.82) is 0 Å². The number of aromatic amines is 1. The second kappa shape index (κ2) is 5.93. The van der Waals surface area contributed by atoms with Crippen LogP contribution in [0.3, 0.4) is 0 Å². The zero-order chi connectivity index (χ0) is 15.6. The summed E-state index contributed by atoms with van der Waals surface area (Å²) < 4.78 is 6.15. The van der Waals surface area contributed by atoms with Crippen molar-refractivity contribution in [2.24, 2.45) is 0 Å². The largest absolute Gasteiger partial charge is 0.472 e. The molecule has 4 rings (SSSR count). The third-order valence-electron chi connectivity index (χ3n) is 3.71. The quantitative estimate of drug-likeness (QED) is 0.521. The Hall–Kier alpha value is -2.53. The van der Waals surface area contributed by atoms with Crippen molar-refractivity contribution in [2.45, 2.75) is 6.54 Å². The van der Waals surface area contributed by atoms with Crippen molar-refractivity contribution in [1.82, 2.24) is 9.97 Å². The number of pyridine rings is 1. The third-order valence-corrected chi connectivity index (χ3v) is 4.20. The second-order valence-electron chi connectivity index (χ2n) is 5.36. The number of furan rings is 1. The van der Waals surface area contributed by atoms with Crippen LogP contribution >= 0.6 is 15.9 Å². The van der Waals surface area contributed by atoms with Gasteiger partial charge in [0.05, 0.1) is 18.2 Å². The molecule has 3 aromatic heterocycles. The summed E-state index contributed by atoms with van der Waals surface area (Å²) in [5.74, 6) is 0. The van der Waals surface area contributed by atoms with Crippen molar-refractivity contribution in [3.05, 3.63) is 71.4 Å². The van der Waals surface area contributed by atoms with E-state index in [0.29, 0.717) is 6.54 Å². The number of benzene rings is 1. The van der Waals surface area contributed by atoms with Crippen LogP contribution in [-0.4, -0.2) is 9.97 Å². The van der Waals surface area contributed by atoms with Gasteiger partial charge in [-0.3, -0.25) is 4.98 Å². The molecule has 0 amide bonds. The molecule has 2 N–H and O–H groups in total. The van der Waals surface area contributed by atoms with Gasteiger partial charge in [-0.05, 0) is 36.4 Å². The standard InChI is InChI=1S/C18H14BrN3O/c19-15-1-2-17-13(5-15)7-18(22-17)14-6-16(10-20-9-14)21-8-12-3-4-23-11-12/h1-7,9-11,21-22H,8H2. The molecule has 0 bridgehead atoms. The van der Waals surface area contributed by atoms with E-state index < -0.39 is 0 Å². The van der Waals surface area contributed by atoms with Crippen molar-refractivity contribution in [3.8, 4) is 11.3 Å². The molecule has 5 heteroatoms. The van der Waals surface area contributed by atoms with Crippen LogP contribution in [0.25, 0.3) is 22.2 Å². The zero-order valence-corrected chi connectivity index (χ0v) is 13.8. The van der Waals surface area contributed by atoms with Gasteiger partial charge in [0.2, 0.25) is 0 Å². The van der Waals surface area contributed by atoms with Crippen LogP contribution < -0.4 is 5.32 Å². The van der Waals surface area contributed by atoms with E-state index in [9.17, 15) is 0 Å². The lowest BCUT2D eigenvalue weighted by atomic mass is 10.2. The van der Waals surface area contributed by atoms with E-state index in [-0.39, 0.29) is 0 Å². The summed E-state index contributed by atoms with van der Waals surface area (Å²) in [5, 5.41) is 4.53. The number of hydrogen-bond acceptors (Lipinski definition) is 3. The highest BCUT2D eigenvalue weighted by atomic mass is 79.9. The van der Waals surface area contributed by atoms with Crippen molar-refractivity contribution in [3.63, 3.8) is 0 Å². The summed E-state index contributed by atoms with van der Waals surface area (Å²) >= 11 is 3.51. The topological polar surface area (TPSA) is 53.9 Å². The third kappa shape index (κ3) is 3.00. The normalized spacial score (nSPS) is 11.0. The summed E-state index contributed by atoms with van der Waals surface area (Å²) in [6, 6.07) is 12.4. The van der Waals surface area contributed by atoms with Gasteiger partial charge in [0.25, 0.3) is 0 Å². The Morgan fingerprint density at radius 2 is 2.09 bits per heavy atom. The molecule has 1 aromatic carbocycles. The van der Waals surface area contributed by atoms with E-state index >= 15 is 0 Å². The van der Waals surface area contributed by atoms with E-state index in [1.54, 1.807) is 12.5 Å². The summed E-state index contributed by atoms with van der Waals surface area (Å²) in [5.41, 5.74) is 5.29. The van der Waals surface area contributed by atoms with Crippen molar-refractivity contribution < 1.29 is 4.42 Å². The van der Waals surface area contributed by atoms with Gasteiger partial charge in [0, 0.05) is 51.1 Å². The summed E-state index contributed by atoms with van der Waals surface area (Å²) in [6.45, 7) is 0.710. The predicted molar refractivity (Wildman–Crippen MR) is 95.3 cm³/mol. The number of anilines is 1. The number of halogens is 1. The van der Waals surface area contributed by atoms with Crippen LogP contribution in [0.5, 0.6) is 0 Å². The lowest BCUT2D eigenvalue weighted by molar-refractivity contribution is 0.564. The fourth-order valence-corrected chi connectivity index (χ4v) is 2.92. The van der Waals surface area contributed by atoms with Crippen molar-refractivity contribution in [2.75, 3.05) is 5.32 Å². The first-order valence-electron chi connectivity index (χ1n) is 7.26. The molecule has 0 atom stereocenters. The molecule has 114 valence electrons. The van der Waals surface area contributed by atoms with Gasteiger partial charge in [0.1, 0.15) is 0 Å². The van der Waals surface area contributed by atoms with Crippen molar-refractivity contribution >= 4 is 32.5 Å². The Morgan fingerprint density at radius 3 is 2.96 bits per heavy atom. The molecule has 3 heterocycles. The van der Waals surface area contributed by atoms with Gasteiger partial charge >= 0.3 is 0 Å². The molecule has 0 radical (unpaired) electrons. The second-order valence-corrected chi connectivity index (χ2v) is 6.28.